The first-order chi connectivity index (χ1) is 17.7. The van der Waals surface area contributed by atoms with Crippen LogP contribution >= 0.6 is 7.82 Å². The average Bonchev–Trinajstić information content (AvgIpc) is 2.81. The number of rotatable bonds is 25. The summed E-state index contributed by atoms with van der Waals surface area (Å²) in [5.74, 6) is -1.08. The predicted molar refractivity (Wildman–Crippen MR) is 132 cm³/mol. The van der Waals surface area contributed by atoms with Crippen molar-refractivity contribution in [2.45, 2.75) is 122 Å². The Balaban J connectivity index is 4.09. The van der Waals surface area contributed by atoms with Crippen LogP contribution in [0.4, 0.5) is 0 Å². The Kier molecular flexibility index (Phi) is 17.1. The third kappa shape index (κ3) is 24.4. The molecule has 0 aromatic carbocycles. The van der Waals surface area contributed by atoms with Gasteiger partial charge >= 0.3 is 13.8 Å². The summed E-state index contributed by atoms with van der Waals surface area (Å²) in [6.45, 7) is -5.81. The number of unbranched alkanes of at least 4 members (excludes halogenated alkanes) is 15. The Labute approximate surface area is 208 Å². The van der Waals surface area contributed by atoms with Crippen molar-refractivity contribution in [1.29, 1.82) is 0 Å². The first kappa shape index (κ1) is 24.2. The molecule has 2 atom stereocenters. The molecule has 0 saturated carbocycles. The van der Waals surface area contributed by atoms with Crippen LogP contribution in [0.3, 0.4) is 0 Å². The van der Waals surface area contributed by atoms with Crippen molar-refractivity contribution in [3.05, 3.63) is 0 Å². The molecule has 0 aliphatic carbocycles. The molecule has 9 heteroatoms. The highest BCUT2D eigenvalue weighted by Gasteiger charge is 2.22. The molecule has 4 N–H and O–H groups in total. The minimum atomic E-state index is -5.12. The fourth-order valence-electron chi connectivity index (χ4n) is 3.29. The molecule has 0 aliphatic heterocycles. The van der Waals surface area contributed by atoms with Gasteiger partial charge in [-0.15, -0.1) is 0 Å². The molecule has 198 valence electrons. The molecular weight excluding hydrogens is 445 g/mol. The molecule has 0 aliphatic rings. The molecule has 8 nitrogen and oxygen atoms in total. The van der Waals surface area contributed by atoms with Crippen molar-refractivity contribution < 1.29 is 40.0 Å². The first-order valence-corrected chi connectivity index (χ1v) is 14.0. The molecular formula is C24H50NO7P. The highest BCUT2D eigenvalue weighted by molar-refractivity contribution is 7.47. The van der Waals surface area contributed by atoms with Gasteiger partial charge in [-0.3, -0.25) is 13.8 Å². The summed E-state index contributed by atoms with van der Waals surface area (Å²) in [6, 6.07) is 0. The van der Waals surface area contributed by atoms with Crippen LogP contribution in [0.25, 0.3) is 0 Å². The fraction of sp³-hybridized carbons (Fsp3) is 0.958. The molecule has 0 rings (SSSR count). The molecule has 1 unspecified atom stereocenters. The van der Waals surface area contributed by atoms with Crippen LogP contribution in [-0.2, 0) is 23.1 Å². The molecule has 0 radical (unpaired) electrons. The van der Waals surface area contributed by atoms with Crippen molar-refractivity contribution in [3.8, 4) is 0 Å². The Hall–Kier alpha value is -0.500. The average molecular weight is 501 g/mol. The van der Waals surface area contributed by atoms with Gasteiger partial charge in [0, 0.05) is 13.0 Å². The van der Waals surface area contributed by atoms with Gasteiger partial charge in [0.2, 0.25) is 0 Å². The Bertz CT molecular complexity index is 687. The summed E-state index contributed by atoms with van der Waals surface area (Å²) in [5, 5.41) is 10.1. The van der Waals surface area contributed by atoms with E-state index in [4.69, 9.17) is 12.6 Å². The highest BCUT2D eigenvalue weighted by Crippen LogP contribution is 2.42. The quantitative estimate of drug-likeness (QED) is 0.0835. The van der Waals surface area contributed by atoms with E-state index in [-0.39, 0.29) is 13.0 Å². The molecule has 0 amide bonds. The van der Waals surface area contributed by atoms with E-state index >= 15 is 0 Å². The molecule has 0 bridgehead atoms. The Morgan fingerprint density at radius 2 is 1.33 bits per heavy atom. The van der Waals surface area contributed by atoms with E-state index in [0.717, 1.165) is 25.7 Å². The fourth-order valence-corrected chi connectivity index (χ4v) is 3.88. The predicted octanol–water partition coefficient (Wildman–Crippen LogP) is 5.63. The lowest BCUT2D eigenvalue weighted by Crippen LogP contribution is -2.23. The van der Waals surface area contributed by atoms with Gasteiger partial charge in [-0.05, 0) is 6.42 Å². The standard InChI is InChI=1S/C24H50NO7P/c1-2-3-4-5-6-7-8-9-10-11-12-13-14-15-16-17-18-24(27)30-21-23(26)22-32-33(28,29)31-20-19-25/h23,26H,2-22,25H2,1H3,(H,28,29)/t23-/m1/s1/i21D2,22D2,23D. The Morgan fingerprint density at radius 1 is 0.879 bits per heavy atom. The number of carbonyl (C=O) groups excluding carboxylic acids is 1. The minimum absolute atomic E-state index is 0.185. The van der Waals surface area contributed by atoms with Crippen LogP contribution in [-0.4, -0.2) is 48.3 Å². The first-order valence-electron chi connectivity index (χ1n) is 15.0. The normalized spacial score (nSPS) is 18.2. The number of hydrogen-bond donors (Lipinski definition) is 3. The maximum absolute atomic E-state index is 12.0. The van der Waals surface area contributed by atoms with Gasteiger partial charge < -0.3 is 20.5 Å². The molecule has 0 fully saturated rings. The highest BCUT2D eigenvalue weighted by atomic mass is 31.2. The molecule has 0 spiro atoms. The zero-order valence-corrected chi connectivity index (χ0v) is 21.3. The van der Waals surface area contributed by atoms with Gasteiger partial charge in [-0.25, -0.2) is 4.57 Å². The van der Waals surface area contributed by atoms with Crippen LogP contribution in [0.1, 0.15) is 123 Å². The third-order valence-electron chi connectivity index (χ3n) is 5.13. The number of nitrogens with two attached hydrogens (primary N) is 1. The van der Waals surface area contributed by atoms with Gasteiger partial charge in [0.15, 0.2) is 0 Å². The minimum Gasteiger partial charge on any atom is -0.463 e. The topological polar surface area (TPSA) is 128 Å². The zero-order chi connectivity index (χ0) is 29.1. The van der Waals surface area contributed by atoms with Crippen molar-refractivity contribution >= 4 is 13.8 Å². The van der Waals surface area contributed by atoms with Crippen LogP contribution in [0, 0.1) is 0 Å². The number of esters is 1. The van der Waals surface area contributed by atoms with Crippen molar-refractivity contribution in [2.75, 3.05) is 26.3 Å². The van der Waals surface area contributed by atoms with Gasteiger partial charge in [0.05, 0.1) is 20.0 Å². The van der Waals surface area contributed by atoms with E-state index in [2.05, 4.69) is 20.7 Å². The number of phosphoric acid groups is 1. The third-order valence-corrected chi connectivity index (χ3v) is 5.96. The van der Waals surface area contributed by atoms with Crippen LogP contribution in [0.5, 0.6) is 0 Å². The van der Waals surface area contributed by atoms with Crippen molar-refractivity contribution in [1.82, 2.24) is 0 Å². The van der Waals surface area contributed by atoms with Gasteiger partial charge in [0.1, 0.15) is 12.6 Å². The second-order valence-electron chi connectivity index (χ2n) is 8.26. The lowest BCUT2D eigenvalue weighted by Gasteiger charge is -2.15. The second-order valence-corrected chi connectivity index (χ2v) is 9.64. The summed E-state index contributed by atoms with van der Waals surface area (Å²) < 4.78 is 63.0. The van der Waals surface area contributed by atoms with Crippen LogP contribution in [0.2, 0.25) is 0 Å². The summed E-state index contributed by atoms with van der Waals surface area (Å²) in [6.07, 6.45) is 14.5. The monoisotopic (exact) mass is 500 g/mol. The maximum Gasteiger partial charge on any atom is 0.472 e. The van der Waals surface area contributed by atoms with E-state index in [1.165, 1.54) is 70.6 Å². The van der Waals surface area contributed by atoms with E-state index in [1.54, 1.807) is 0 Å². The number of ether oxygens (including phenoxy) is 1. The SMILES string of the molecule is [2H]C([2H])(OC(=O)CCCCCCCCCCCCCCCCCC)[C@@]([2H])(O)C([2H])([2H])OP(=O)(O)OCCN. The van der Waals surface area contributed by atoms with Crippen LogP contribution < -0.4 is 5.73 Å². The second kappa shape index (κ2) is 23.3. The lowest BCUT2D eigenvalue weighted by molar-refractivity contribution is -0.147. The number of aliphatic hydroxyl groups is 1. The molecule has 0 heterocycles. The van der Waals surface area contributed by atoms with Gasteiger partial charge in [-0.2, -0.15) is 0 Å². The summed E-state index contributed by atoms with van der Waals surface area (Å²) in [7, 11) is -5.12. The van der Waals surface area contributed by atoms with Gasteiger partial charge in [-0.1, -0.05) is 103 Å². The maximum atomic E-state index is 12.0. The summed E-state index contributed by atoms with van der Waals surface area (Å²) in [5.41, 5.74) is 5.12. The van der Waals surface area contributed by atoms with E-state index < -0.39 is 39.6 Å². The number of hydrogen-bond acceptors (Lipinski definition) is 7. The molecule has 33 heavy (non-hydrogen) atoms. The molecule has 0 aromatic rings. The molecule has 0 aromatic heterocycles. The smallest absolute Gasteiger partial charge is 0.463 e. The van der Waals surface area contributed by atoms with Crippen molar-refractivity contribution in [3.63, 3.8) is 0 Å². The number of phosphoric ester groups is 1. The van der Waals surface area contributed by atoms with Gasteiger partial charge in [0.25, 0.3) is 0 Å². The Morgan fingerprint density at radius 3 is 1.79 bits per heavy atom. The summed E-state index contributed by atoms with van der Waals surface area (Å²) >= 11 is 0. The van der Waals surface area contributed by atoms with E-state index in [1.807, 2.05) is 0 Å². The van der Waals surface area contributed by atoms with E-state index in [0.29, 0.717) is 6.42 Å². The van der Waals surface area contributed by atoms with Crippen LogP contribution in [0.15, 0.2) is 0 Å². The van der Waals surface area contributed by atoms with Crippen molar-refractivity contribution in [2.24, 2.45) is 5.73 Å². The van der Waals surface area contributed by atoms with E-state index in [9.17, 15) is 19.4 Å². The summed E-state index contributed by atoms with van der Waals surface area (Å²) in [4.78, 5) is 21.5. The number of carbonyl (C=O) groups is 1. The molecule has 0 saturated heterocycles. The largest absolute Gasteiger partial charge is 0.472 e. The zero-order valence-electron chi connectivity index (χ0n) is 25.4. The lowest BCUT2D eigenvalue weighted by atomic mass is 10.0.